The van der Waals surface area contributed by atoms with E-state index in [0.29, 0.717) is 24.5 Å². The molecule has 0 aromatic heterocycles. The van der Waals surface area contributed by atoms with E-state index >= 15 is 0 Å². The van der Waals surface area contributed by atoms with Gasteiger partial charge >= 0.3 is 0 Å². The van der Waals surface area contributed by atoms with Crippen LogP contribution >= 0.6 is 0 Å². The van der Waals surface area contributed by atoms with E-state index in [0.717, 1.165) is 4.90 Å². The number of Topliss-reactive ketones (excluding diaryl/α,β-unsaturated/α-hetero) is 1. The largest absolute Gasteiger partial charge is 0.507 e. The molecule has 0 unspecified atom stereocenters. The second kappa shape index (κ2) is 9.57. The molecular formula is C24H26FN2O4+. The number of nitrogens with one attached hydrogen (secondary N) is 1. The number of likely N-dealkylation sites (N-methyl/N-ethyl adjacent to an activating group) is 1. The fourth-order valence-electron chi connectivity index (χ4n) is 3.49. The van der Waals surface area contributed by atoms with Gasteiger partial charge in [-0.1, -0.05) is 30.9 Å². The molecule has 2 N–H and O–H groups in total. The monoisotopic (exact) mass is 425 g/mol. The van der Waals surface area contributed by atoms with E-state index in [1.807, 2.05) is 14.1 Å². The Kier molecular flexibility index (Phi) is 6.87. The van der Waals surface area contributed by atoms with E-state index in [1.165, 1.54) is 23.1 Å². The van der Waals surface area contributed by atoms with Gasteiger partial charge in [0.1, 0.15) is 23.9 Å². The zero-order valence-electron chi connectivity index (χ0n) is 17.6. The number of ether oxygens (including phenoxy) is 1. The van der Waals surface area contributed by atoms with Crippen molar-refractivity contribution in [2.45, 2.75) is 6.04 Å². The minimum absolute atomic E-state index is 0.122. The molecule has 3 rings (SSSR count). The van der Waals surface area contributed by atoms with Crippen LogP contribution in [-0.2, 0) is 9.59 Å². The average molecular weight is 425 g/mol. The van der Waals surface area contributed by atoms with Crippen LogP contribution in [0.25, 0.3) is 5.76 Å². The SMILES string of the molecule is C=CCOc1ccc(C(O)=C2C(=O)C(=O)N(CC[NH+](C)C)[C@H]2c2ccccc2F)cc1. The molecule has 0 spiro atoms. The van der Waals surface area contributed by atoms with Gasteiger partial charge in [-0.2, -0.15) is 0 Å². The summed E-state index contributed by atoms with van der Waals surface area (Å²) in [6.45, 7) is 4.73. The van der Waals surface area contributed by atoms with Crippen LogP contribution in [0.3, 0.4) is 0 Å². The number of aliphatic hydroxyl groups is 1. The van der Waals surface area contributed by atoms with Crippen molar-refractivity contribution in [1.29, 1.82) is 0 Å². The number of ketones is 1. The first-order chi connectivity index (χ1) is 14.8. The molecule has 0 radical (unpaired) electrons. The first-order valence-corrected chi connectivity index (χ1v) is 10.0. The highest BCUT2D eigenvalue weighted by Crippen LogP contribution is 2.40. The van der Waals surface area contributed by atoms with Crippen molar-refractivity contribution < 1.29 is 28.7 Å². The van der Waals surface area contributed by atoms with Crippen LogP contribution in [0, 0.1) is 5.82 Å². The van der Waals surface area contributed by atoms with Crippen molar-refractivity contribution in [1.82, 2.24) is 4.90 Å². The second-order valence-electron chi connectivity index (χ2n) is 7.60. The van der Waals surface area contributed by atoms with Gasteiger partial charge in [-0.3, -0.25) is 9.59 Å². The maximum absolute atomic E-state index is 14.7. The van der Waals surface area contributed by atoms with Crippen molar-refractivity contribution in [2.24, 2.45) is 0 Å². The molecule has 0 bridgehead atoms. The summed E-state index contributed by atoms with van der Waals surface area (Å²) in [6, 6.07) is 11.4. The van der Waals surface area contributed by atoms with Gasteiger partial charge in [-0.05, 0) is 30.3 Å². The molecule has 162 valence electrons. The lowest BCUT2D eigenvalue weighted by molar-refractivity contribution is -0.857. The van der Waals surface area contributed by atoms with Gasteiger partial charge in [0, 0.05) is 11.1 Å². The van der Waals surface area contributed by atoms with Crippen molar-refractivity contribution in [3.05, 3.63) is 83.7 Å². The summed E-state index contributed by atoms with van der Waals surface area (Å²) in [5, 5.41) is 11.0. The number of amides is 1. The predicted octanol–water partition coefficient (Wildman–Crippen LogP) is 1.96. The number of rotatable bonds is 8. The van der Waals surface area contributed by atoms with Crippen LogP contribution in [0.2, 0.25) is 0 Å². The summed E-state index contributed by atoms with van der Waals surface area (Å²) >= 11 is 0. The maximum atomic E-state index is 14.7. The third-order valence-corrected chi connectivity index (χ3v) is 5.09. The van der Waals surface area contributed by atoms with E-state index in [4.69, 9.17) is 4.74 Å². The Labute approximate surface area is 180 Å². The van der Waals surface area contributed by atoms with Gasteiger partial charge in [-0.25, -0.2) is 4.39 Å². The molecule has 1 amide bonds. The lowest BCUT2D eigenvalue weighted by Crippen LogP contribution is -3.06. The Morgan fingerprint density at radius 3 is 2.48 bits per heavy atom. The van der Waals surface area contributed by atoms with Gasteiger partial charge in [0.2, 0.25) is 0 Å². The number of likely N-dealkylation sites (tertiary alicyclic amines) is 1. The average Bonchev–Trinajstić information content (AvgIpc) is 3.01. The fraction of sp³-hybridized carbons (Fsp3) is 0.250. The van der Waals surface area contributed by atoms with E-state index in [9.17, 15) is 19.1 Å². The van der Waals surface area contributed by atoms with Gasteiger partial charge in [0.15, 0.2) is 0 Å². The minimum atomic E-state index is -1.00. The Bertz CT molecular complexity index is 1010. The third kappa shape index (κ3) is 4.67. The highest BCUT2D eigenvalue weighted by atomic mass is 19.1. The highest BCUT2D eigenvalue weighted by Gasteiger charge is 2.47. The number of hydrogen-bond acceptors (Lipinski definition) is 4. The number of aliphatic hydroxyl groups excluding tert-OH is 1. The van der Waals surface area contributed by atoms with Crippen LogP contribution in [0.15, 0.2) is 66.8 Å². The molecule has 1 saturated heterocycles. The zero-order chi connectivity index (χ0) is 22.5. The standard InChI is InChI=1S/C24H25FN2O4/c1-4-15-31-17-11-9-16(10-12-17)22(28)20-21(18-7-5-6-8-19(18)25)27(14-13-26(2)3)24(30)23(20)29/h4-12,21,28H,1,13-15H2,2-3H3/p+1/t21-/m0/s1. The van der Waals surface area contributed by atoms with E-state index in [-0.39, 0.29) is 23.4 Å². The normalized spacial score (nSPS) is 17.9. The van der Waals surface area contributed by atoms with Crippen LogP contribution < -0.4 is 9.64 Å². The third-order valence-electron chi connectivity index (χ3n) is 5.09. The molecule has 0 aliphatic carbocycles. The topological polar surface area (TPSA) is 71.3 Å². The van der Waals surface area contributed by atoms with Crippen molar-refractivity contribution in [3.63, 3.8) is 0 Å². The van der Waals surface area contributed by atoms with Gasteiger partial charge in [0.25, 0.3) is 11.7 Å². The predicted molar refractivity (Wildman–Crippen MR) is 115 cm³/mol. The molecule has 0 saturated carbocycles. The Hall–Kier alpha value is -3.45. The van der Waals surface area contributed by atoms with Crippen molar-refractivity contribution in [3.8, 4) is 5.75 Å². The molecule has 1 aliphatic rings. The van der Waals surface area contributed by atoms with Crippen LogP contribution in [-0.4, -0.2) is 55.5 Å². The van der Waals surface area contributed by atoms with Crippen LogP contribution in [0.4, 0.5) is 4.39 Å². The van der Waals surface area contributed by atoms with Gasteiger partial charge < -0.3 is 19.6 Å². The molecular weight excluding hydrogens is 399 g/mol. The second-order valence-corrected chi connectivity index (χ2v) is 7.60. The molecule has 2 aromatic carbocycles. The van der Waals surface area contributed by atoms with Crippen LogP contribution in [0.5, 0.6) is 5.75 Å². The summed E-state index contributed by atoms with van der Waals surface area (Å²) in [5.41, 5.74) is 0.384. The first-order valence-electron chi connectivity index (χ1n) is 10.0. The molecule has 1 aliphatic heterocycles. The number of nitrogens with zero attached hydrogens (tertiary/aromatic N) is 1. The molecule has 31 heavy (non-hydrogen) atoms. The number of quaternary nitrogens is 1. The summed E-state index contributed by atoms with van der Waals surface area (Å²) in [4.78, 5) is 28.1. The lowest BCUT2D eigenvalue weighted by atomic mass is 9.95. The fourth-order valence-corrected chi connectivity index (χ4v) is 3.49. The summed E-state index contributed by atoms with van der Waals surface area (Å²) in [6.07, 6.45) is 1.61. The highest BCUT2D eigenvalue weighted by molar-refractivity contribution is 6.46. The van der Waals surface area contributed by atoms with Gasteiger partial charge in [-0.15, -0.1) is 0 Å². The first kappa shape index (κ1) is 22.2. The molecule has 1 fully saturated rings. The maximum Gasteiger partial charge on any atom is 0.295 e. The summed E-state index contributed by atoms with van der Waals surface area (Å²) in [5.74, 6) is -1.90. The molecule has 2 aromatic rings. The zero-order valence-corrected chi connectivity index (χ0v) is 17.6. The molecule has 7 heteroatoms. The number of halogens is 1. The van der Waals surface area contributed by atoms with E-state index in [2.05, 4.69) is 6.58 Å². The lowest BCUT2D eigenvalue weighted by Gasteiger charge is -2.25. The summed E-state index contributed by atoms with van der Waals surface area (Å²) in [7, 11) is 3.84. The quantitative estimate of drug-likeness (QED) is 0.294. The molecule has 1 heterocycles. The molecule has 1 atom stereocenters. The van der Waals surface area contributed by atoms with Crippen molar-refractivity contribution >= 4 is 17.4 Å². The number of hydrogen-bond donors (Lipinski definition) is 2. The number of carbonyl (C=O) groups excluding carboxylic acids is 2. The van der Waals surface area contributed by atoms with E-state index < -0.39 is 23.5 Å². The van der Waals surface area contributed by atoms with Crippen LogP contribution in [0.1, 0.15) is 17.2 Å². The Balaban J connectivity index is 2.08. The van der Waals surface area contributed by atoms with Crippen molar-refractivity contribution in [2.75, 3.05) is 33.8 Å². The number of benzene rings is 2. The van der Waals surface area contributed by atoms with E-state index in [1.54, 1.807) is 36.4 Å². The molecule has 6 nitrogen and oxygen atoms in total. The minimum Gasteiger partial charge on any atom is -0.507 e. The Morgan fingerprint density at radius 1 is 1.19 bits per heavy atom. The summed E-state index contributed by atoms with van der Waals surface area (Å²) < 4.78 is 20.1. The number of carbonyl (C=O) groups is 2. The Morgan fingerprint density at radius 2 is 1.87 bits per heavy atom. The smallest absolute Gasteiger partial charge is 0.295 e. The van der Waals surface area contributed by atoms with Gasteiger partial charge in [0.05, 0.1) is 38.8 Å².